The largest absolute Gasteiger partial charge is 0.356 e. The first-order chi connectivity index (χ1) is 14.0. The molecule has 0 amide bonds. The van der Waals surface area contributed by atoms with Gasteiger partial charge in [-0.15, -0.1) is 0 Å². The number of benzene rings is 2. The molecule has 29 heavy (non-hydrogen) atoms. The maximum atomic E-state index is 13.2. The third kappa shape index (κ3) is 5.77. The van der Waals surface area contributed by atoms with E-state index in [1.54, 1.807) is 29.6 Å². The molecular formula is C21H27FN4O2S. The molecule has 0 aliphatic carbocycles. The van der Waals surface area contributed by atoms with E-state index in [1.807, 2.05) is 18.2 Å². The summed E-state index contributed by atoms with van der Waals surface area (Å²) in [5.74, 6) is 0.398. The number of hydrogen-bond donors (Lipinski definition) is 2. The molecule has 156 valence electrons. The van der Waals surface area contributed by atoms with Crippen LogP contribution in [0.1, 0.15) is 24.0 Å². The van der Waals surface area contributed by atoms with Gasteiger partial charge in [0.05, 0.1) is 4.90 Å². The Labute approximate surface area is 171 Å². The minimum atomic E-state index is -3.38. The number of nitrogens with one attached hydrogen (secondary N) is 2. The molecule has 2 aromatic carbocycles. The summed E-state index contributed by atoms with van der Waals surface area (Å²) in [5.41, 5.74) is 1.88. The predicted molar refractivity (Wildman–Crippen MR) is 113 cm³/mol. The first-order valence-electron chi connectivity index (χ1n) is 9.77. The van der Waals surface area contributed by atoms with Gasteiger partial charge in [0.1, 0.15) is 5.82 Å². The van der Waals surface area contributed by atoms with Crippen LogP contribution in [-0.4, -0.2) is 45.4 Å². The number of halogens is 1. The summed E-state index contributed by atoms with van der Waals surface area (Å²) in [6.07, 6.45) is 2.53. The lowest BCUT2D eigenvalue weighted by Gasteiger charge is -2.16. The Morgan fingerprint density at radius 2 is 1.79 bits per heavy atom. The summed E-state index contributed by atoms with van der Waals surface area (Å²) in [4.78, 5) is 4.51. The SMILES string of the molecule is CN=C(NCCc1cccc(F)c1)NCc1ccc(S(=O)(=O)N2CCCC2)cc1. The lowest BCUT2D eigenvalue weighted by molar-refractivity contribution is 0.477. The monoisotopic (exact) mass is 418 g/mol. The van der Waals surface area contributed by atoms with E-state index in [0.717, 1.165) is 24.0 Å². The highest BCUT2D eigenvalue weighted by molar-refractivity contribution is 7.89. The third-order valence-corrected chi connectivity index (χ3v) is 6.82. The van der Waals surface area contributed by atoms with E-state index in [0.29, 0.717) is 43.5 Å². The van der Waals surface area contributed by atoms with Gasteiger partial charge in [-0.05, 0) is 54.7 Å². The molecular weight excluding hydrogens is 391 g/mol. The molecule has 0 radical (unpaired) electrons. The molecule has 1 aliphatic heterocycles. The third-order valence-electron chi connectivity index (χ3n) is 4.90. The van der Waals surface area contributed by atoms with Crippen LogP contribution in [0.15, 0.2) is 58.4 Å². The summed E-state index contributed by atoms with van der Waals surface area (Å²) < 4.78 is 39.9. The van der Waals surface area contributed by atoms with Gasteiger partial charge in [0.2, 0.25) is 10.0 Å². The van der Waals surface area contributed by atoms with Crippen LogP contribution in [0.3, 0.4) is 0 Å². The van der Waals surface area contributed by atoms with Gasteiger partial charge in [-0.1, -0.05) is 24.3 Å². The molecule has 2 N–H and O–H groups in total. The first-order valence-corrected chi connectivity index (χ1v) is 11.2. The van der Waals surface area contributed by atoms with Crippen LogP contribution in [0.5, 0.6) is 0 Å². The highest BCUT2D eigenvalue weighted by atomic mass is 32.2. The maximum Gasteiger partial charge on any atom is 0.243 e. The van der Waals surface area contributed by atoms with Crippen LogP contribution in [0.25, 0.3) is 0 Å². The van der Waals surface area contributed by atoms with Gasteiger partial charge in [0, 0.05) is 33.2 Å². The second-order valence-electron chi connectivity index (χ2n) is 6.99. The van der Waals surface area contributed by atoms with Crippen molar-refractivity contribution in [2.45, 2.75) is 30.7 Å². The second kappa shape index (κ2) is 9.84. The number of hydrogen-bond acceptors (Lipinski definition) is 3. The number of rotatable bonds is 7. The Balaban J connectivity index is 1.49. The molecule has 1 saturated heterocycles. The molecule has 1 heterocycles. The van der Waals surface area contributed by atoms with Gasteiger partial charge >= 0.3 is 0 Å². The van der Waals surface area contributed by atoms with E-state index in [4.69, 9.17) is 0 Å². The standard InChI is InChI=1S/C21H27FN4O2S/c1-23-21(24-12-11-17-5-4-6-19(22)15-17)25-16-18-7-9-20(10-8-18)29(27,28)26-13-2-3-14-26/h4-10,15H,2-3,11-14,16H2,1H3,(H2,23,24,25). The minimum Gasteiger partial charge on any atom is -0.356 e. The summed E-state index contributed by atoms with van der Waals surface area (Å²) in [5, 5.41) is 6.40. The zero-order valence-corrected chi connectivity index (χ0v) is 17.4. The van der Waals surface area contributed by atoms with Crippen molar-refractivity contribution >= 4 is 16.0 Å². The molecule has 0 spiro atoms. The molecule has 2 aromatic rings. The fraction of sp³-hybridized carbons (Fsp3) is 0.381. The van der Waals surface area contributed by atoms with Crippen LogP contribution >= 0.6 is 0 Å². The van der Waals surface area contributed by atoms with Gasteiger partial charge < -0.3 is 10.6 Å². The zero-order chi connectivity index (χ0) is 20.7. The molecule has 6 nitrogen and oxygen atoms in total. The Kier molecular flexibility index (Phi) is 7.22. The predicted octanol–water partition coefficient (Wildman–Crippen LogP) is 2.52. The van der Waals surface area contributed by atoms with E-state index >= 15 is 0 Å². The van der Waals surface area contributed by atoms with Crippen molar-refractivity contribution in [2.24, 2.45) is 4.99 Å². The number of sulfonamides is 1. The van der Waals surface area contributed by atoms with Crippen molar-refractivity contribution in [3.63, 3.8) is 0 Å². The topological polar surface area (TPSA) is 73.8 Å². The van der Waals surface area contributed by atoms with Crippen molar-refractivity contribution in [3.05, 3.63) is 65.5 Å². The van der Waals surface area contributed by atoms with Crippen molar-refractivity contribution in [3.8, 4) is 0 Å². The normalized spacial score (nSPS) is 15.4. The van der Waals surface area contributed by atoms with Crippen molar-refractivity contribution in [1.82, 2.24) is 14.9 Å². The summed E-state index contributed by atoms with van der Waals surface area (Å²) in [7, 11) is -1.70. The van der Waals surface area contributed by atoms with Crippen molar-refractivity contribution < 1.29 is 12.8 Å². The second-order valence-corrected chi connectivity index (χ2v) is 8.93. The number of guanidine groups is 1. The van der Waals surface area contributed by atoms with Gasteiger partial charge in [-0.25, -0.2) is 12.8 Å². The highest BCUT2D eigenvalue weighted by Gasteiger charge is 2.26. The molecule has 8 heteroatoms. The lowest BCUT2D eigenvalue weighted by atomic mass is 10.1. The summed E-state index contributed by atoms with van der Waals surface area (Å²) in [6.45, 7) is 2.34. The van der Waals surface area contributed by atoms with Gasteiger partial charge in [-0.3, -0.25) is 4.99 Å². The zero-order valence-electron chi connectivity index (χ0n) is 16.6. The fourth-order valence-corrected chi connectivity index (χ4v) is 4.80. The molecule has 0 saturated carbocycles. The minimum absolute atomic E-state index is 0.236. The van der Waals surface area contributed by atoms with Crippen LogP contribution in [0.4, 0.5) is 4.39 Å². The smallest absolute Gasteiger partial charge is 0.243 e. The summed E-state index contributed by atoms with van der Waals surface area (Å²) in [6, 6.07) is 13.5. The highest BCUT2D eigenvalue weighted by Crippen LogP contribution is 2.21. The molecule has 3 rings (SSSR count). The Hall–Kier alpha value is -2.45. The molecule has 0 aromatic heterocycles. The van der Waals surface area contributed by atoms with Crippen molar-refractivity contribution in [1.29, 1.82) is 0 Å². The van der Waals surface area contributed by atoms with E-state index in [-0.39, 0.29) is 5.82 Å². The Morgan fingerprint density at radius 3 is 2.45 bits per heavy atom. The number of aliphatic imine (C=N–C) groups is 1. The maximum absolute atomic E-state index is 13.2. The molecule has 0 unspecified atom stereocenters. The average Bonchev–Trinajstić information content (AvgIpc) is 3.27. The average molecular weight is 419 g/mol. The van der Waals surface area contributed by atoms with E-state index < -0.39 is 10.0 Å². The van der Waals surface area contributed by atoms with Crippen LogP contribution in [0.2, 0.25) is 0 Å². The van der Waals surface area contributed by atoms with E-state index in [9.17, 15) is 12.8 Å². The first kappa shape index (κ1) is 21.3. The number of nitrogens with zero attached hydrogens (tertiary/aromatic N) is 2. The molecule has 1 aliphatic rings. The quantitative estimate of drug-likeness (QED) is 0.535. The van der Waals surface area contributed by atoms with Crippen molar-refractivity contribution in [2.75, 3.05) is 26.7 Å². The van der Waals surface area contributed by atoms with Gasteiger partial charge in [0.25, 0.3) is 0 Å². The van der Waals surface area contributed by atoms with Gasteiger partial charge in [0.15, 0.2) is 5.96 Å². The van der Waals surface area contributed by atoms with Crippen LogP contribution in [0, 0.1) is 5.82 Å². The van der Waals surface area contributed by atoms with E-state index in [1.165, 1.54) is 12.1 Å². The lowest BCUT2D eigenvalue weighted by Crippen LogP contribution is -2.37. The Bertz CT molecular complexity index is 939. The molecule has 0 bridgehead atoms. The van der Waals surface area contributed by atoms with E-state index in [2.05, 4.69) is 15.6 Å². The fourth-order valence-electron chi connectivity index (χ4n) is 3.28. The molecule has 1 fully saturated rings. The Morgan fingerprint density at radius 1 is 1.07 bits per heavy atom. The van der Waals surface area contributed by atoms with Crippen LogP contribution in [-0.2, 0) is 23.0 Å². The van der Waals surface area contributed by atoms with Gasteiger partial charge in [-0.2, -0.15) is 4.31 Å². The van der Waals surface area contributed by atoms with Crippen LogP contribution < -0.4 is 10.6 Å². The molecule has 0 atom stereocenters. The summed E-state index contributed by atoms with van der Waals surface area (Å²) >= 11 is 0.